The summed E-state index contributed by atoms with van der Waals surface area (Å²) in [5, 5.41) is 9.28. The highest BCUT2D eigenvalue weighted by atomic mass is 32.2. The van der Waals surface area contributed by atoms with Crippen LogP contribution in [0.1, 0.15) is 42.3 Å². The second kappa shape index (κ2) is 11.8. The van der Waals surface area contributed by atoms with Gasteiger partial charge in [-0.05, 0) is 52.9 Å². The number of anilines is 3. The van der Waals surface area contributed by atoms with E-state index in [9.17, 15) is 13.2 Å². The topological polar surface area (TPSA) is 117 Å². The largest absolute Gasteiger partial charge is 0.337 e. The summed E-state index contributed by atoms with van der Waals surface area (Å²) in [6.07, 6.45) is 6.67. The van der Waals surface area contributed by atoms with Crippen molar-refractivity contribution in [1.82, 2.24) is 19.7 Å². The van der Waals surface area contributed by atoms with Gasteiger partial charge in [-0.1, -0.05) is 57.2 Å². The average molecular weight is 583 g/mol. The van der Waals surface area contributed by atoms with Gasteiger partial charge in [-0.25, -0.2) is 18.4 Å². The first kappa shape index (κ1) is 29.0. The van der Waals surface area contributed by atoms with E-state index in [0.717, 1.165) is 16.8 Å². The van der Waals surface area contributed by atoms with Gasteiger partial charge in [-0.2, -0.15) is 0 Å². The van der Waals surface area contributed by atoms with Gasteiger partial charge < -0.3 is 15.0 Å². The van der Waals surface area contributed by atoms with Crippen molar-refractivity contribution in [3.63, 3.8) is 0 Å². The molecule has 0 bridgehead atoms. The second-order valence-electron chi connectivity index (χ2n) is 11.3. The lowest BCUT2D eigenvalue weighted by Gasteiger charge is -2.19. The first-order valence-electron chi connectivity index (χ1n) is 13.6. The molecule has 2 heterocycles. The lowest BCUT2D eigenvalue weighted by Crippen LogP contribution is -2.21. The van der Waals surface area contributed by atoms with Crippen LogP contribution in [0, 0.1) is 0 Å². The molecule has 5 aromatic rings. The van der Waals surface area contributed by atoms with Crippen molar-refractivity contribution in [3.05, 3.63) is 108 Å². The molecule has 2 aromatic heterocycles. The van der Waals surface area contributed by atoms with Crippen LogP contribution in [0.4, 0.5) is 17.2 Å². The number of nitrogens with zero attached hydrogens (tertiary/aromatic N) is 3. The molecule has 3 aromatic carbocycles. The zero-order valence-electron chi connectivity index (χ0n) is 24.0. The van der Waals surface area contributed by atoms with E-state index in [-0.39, 0.29) is 17.2 Å². The van der Waals surface area contributed by atoms with Gasteiger partial charge >= 0.3 is 0 Å². The standard InChI is InChI=1S/C32H34N6O3S/c1-32(2,3)25-12-10-23(11-13-25)31(39)36-27-7-5-6-24(18-27)28-20-38-17-16-34-30(38)29(37-28)35-26-14-8-22(9-15-26)19-33-21-42(4,40)41/h5-18,20,33H,19,21H2,1-4H3,(H,35,37)(H,36,39). The number of hydrogen-bond acceptors (Lipinski definition) is 7. The monoisotopic (exact) mass is 582 g/mol. The first-order valence-corrected chi connectivity index (χ1v) is 15.6. The normalized spacial score (nSPS) is 11.9. The van der Waals surface area contributed by atoms with Gasteiger partial charge in [0.05, 0.1) is 11.6 Å². The molecule has 0 atom stereocenters. The minimum Gasteiger partial charge on any atom is -0.337 e. The van der Waals surface area contributed by atoms with Crippen LogP contribution in [0.3, 0.4) is 0 Å². The Bertz CT molecular complexity index is 1820. The molecular formula is C32H34N6O3S. The Morgan fingerprint density at radius 3 is 2.38 bits per heavy atom. The summed E-state index contributed by atoms with van der Waals surface area (Å²) in [5.74, 6) is 0.327. The summed E-state index contributed by atoms with van der Waals surface area (Å²) >= 11 is 0. The number of hydrogen-bond donors (Lipinski definition) is 3. The smallest absolute Gasteiger partial charge is 0.255 e. The Balaban J connectivity index is 1.33. The third-order valence-electron chi connectivity index (χ3n) is 6.71. The number of rotatable bonds is 9. The minimum absolute atomic E-state index is 0.0167. The van der Waals surface area contributed by atoms with E-state index < -0.39 is 9.84 Å². The molecule has 3 N–H and O–H groups in total. The van der Waals surface area contributed by atoms with Crippen molar-refractivity contribution in [2.45, 2.75) is 32.7 Å². The van der Waals surface area contributed by atoms with Crippen molar-refractivity contribution in [2.75, 3.05) is 22.8 Å². The van der Waals surface area contributed by atoms with Crippen molar-refractivity contribution in [1.29, 1.82) is 0 Å². The molecule has 1 amide bonds. The second-order valence-corrected chi connectivity index (χ2v) is 13.5. The van der Waals surface area contributed by atoms with Gasteiger partial charge in [0, 0.05) is 53.9 Å². The van der Waals surface area contributed by atoms with Crippen LogP contribution in [0.25, 0.3) is 16.9 Å². The van der Waals surface area contributed by atoms with E-state index in [4.69, 9.17) is 4.98 Å². The Morgan fingerprint density at radius 2 is 1.69 bits per heavy atom. The van der Waals surface area contributed by atoms with Crippen LogP contribution in [0.15, 0.2) is 91.4 Å². The summed E-state index contributed by atoms with van der Waals surface area (Å²) in [7, 11) is -3.07. The van der Waals surface area contributed by atoms with Gasteiger partial charge in [0.1, 0.15) is 0 Å². The Hall–Kier alpha value is -4.54. The van der Waals surface area contributed by atoms with E-state index in [1.165, 1.54) is 11.8 Å². The quantitative estimate of drug-likeness (QED) is 0.202. The van der Waals surface area contributed by atoms with E-state index in [2.05, 4.69) is 41.7 Å². The molecule has 9 nitrogen and oxygen atoms in total. The van der Waals surface area contributed by atoms with Gasteiger partial charge in [0.15, 0.2) is 21.3 Å². The van der Waals surface area contributed by atoms with Crippen LogP contribution >= 0.6 is 0 Å². The summed E-state index contributed by atoms with van der Waals surface area (Å²) < 4.78 is 24.6. The summed E-state index contributed by atoms with van der Waals surface area (Å²) in [6.45, 7) is 6.87. The number of amides is 1. The molecule has 0 spiro atoms. The van der Waals surface area contributed by atoms with Gasteiger partial charge in [0.2, 0.25) is 0 Å². The minimum atomic E-state index is -3.07. The van der Waals surface area contributed by atoms with Crippen molar-refractivity contribution < 1.29 is 13.2 Å². The maximum absolute atomic E-state index is 13.0. The van der Waals surface area contributed by atoms with Crippen molar-refractivity contribution in [3.8, 4) is 11.3 Å². The number of sulfone groups is 1. The molecule has 0 saturated heterocycles. The lowest BCUT2D eigenvalue weighted by atomic mass is 9.87. The molecular weight excluding hydrogens is 548 g/mol. The number of imidazole rings is 1. The summed E-state index contributed by atoms with van der Waals surface area (Å²) in [4.78, 5) is 22.3. The van der Waals surface area contributed by atoms with E-state index in [1.54, 1.807) is 6.20 Å². The zero-order valence-corrected chi connectivity index (χ0v) is 24.9. The van der Waals surface area contributed by atoms with Crippen molar-refractivity contribution in [2.24, 2.45) is 0 Å². The molecule has 0 aliphatic heterocycles. The number of fused-ring (bicyclic) bond motifs is 1. The molecule has 5 rings (SSSR count). The molecule has 0 unspecified atom stereocenters. The number of aromatic nitrogens is 3. The highest BCUT2D eigenvalue weighted by Crippen LogP contribution is 2.27. The number of benzene rings is 3. The molecule has 0 radical (unpaired) electrons. The van der Waals surface area contributed by atoms with Crippen LogP contribution < -0.4 is 16.0 Å². The maximum Gasteiger partial charge on any atom is 0.255 e. The highest BCUT2D eigenvalue weighted by molar-refractivity contribution is 7.90. The maximum atomic E-state index is 13.0. The third kappa shape index (κ3) is 7.20. The predicted molar refractivity (Wildman–Crippen MR) is 168 cm³/mol. The third-order valence-corrected chi connectivity index (χ3v) is 7.44. The fourth-order valence-corrected chi connectivity index (χ4v) is 4.93. The lowest BCUT2D eigenvalue weighted by molar-refractivity contribution is 0.102. The molecule has 216 valence electrons. The van der Waals surface area contributed by atoms with Gasteiger partial charge in [0.25, 0.3) is 5.91 Å². The molecule has 0 saturated carbocycles. The van der Waals surface area contributed by atoms with Gasteiger partial charge in [-0.15, -0.1) is 0 Å². The zero-order chi connectivity index (χ0) is 29.9. The van der Waals surface area contributed by atoms with Crippen LogP contribution in [-0.2, 0) is 21.8 Å². The van der Waals surface area contributed by atoms with Gasteiger partial charge in [-0.3, -0.25) is 10.1 Å². The van der Waals surface area contributed by atoms with Crippen LogP contribution in [-0.4, -0.2) is 40.8 Å². The SMILES string of the molecule is CC(C)(C)c1ccc(C(=O)Nc2cccc(-c3cn4ccnc4c(Nc4ccc(CNCS(C)(=O)=O)cc4)n3)c2)cc1. The Kier molecular flexibility index (Phi) is 8.11. The Labute approximate surface area is 246 Å². The molecule has 42 heavy (non-hydrogen) atoms. The van der Waals surface area contributed by atoms with E-state index in [0.29, 0.717) is 35.0 Å². The molecule has 0 aliphatic carbocycles. The number of nitrogens with one attached hydrogen (secondary N) is 3. The Morgan fingerprint density at radius 1 is 0.952 bits per heavy atom. The van der Waals surface area contributed by atoms with Crippen LogP contribution in [0.2, 0.25) is 0 Å². The van der Waals surface area contributed by atoms with E-state index >= 15 is 0 Å². The molecule has 0 aliphatic rings. The first-order chi connectivity index (χ1) is 19.9. The van der Waals surface area contributed by atoms with Crippen molar-refractivity contribution >= 4 is 38.6 Å². The molecule has 10 heteroatoms. The number of carbonyl (C=O) groups excluding carboxylic acids is 1. The summed E-state index contributed by atoms with van der Waals surface area (Å²) in [5.41, 5.74) is 6.43. The fourth-order valence-electron chi connectivity index (χ4n) is 4.46. The average Bonchev–Trinajstić information content (AvgIpc) is 3.42. The fraction of sp³-hybridized carbons (Fsp3) is 0.219. The molecule has 0 fully saturated rings. The van der Waals surface area contributed by atoms with Crippen LogP contribution in [0.5, 0.6) is 0 Å². The number of carbonyl (C=O) groups is 1. The van der Waals surface area contributed by atoms with E-state index in [1.807, 2.05) is 89.6 Å². The highest BCUT2D eigenvalue weighted by Gasteiger charge is 2.15. The predicted octanol–water partition coefficient (Wildman–Crippen LogP) is 5.78. The summed E-state index contributed by atoms with van der Waals surface area (Å²) in [6, 6.07) is 22.9.